The quantitative estimate of drug-likeness (QED) is 0.0973. The smallest absolute Gasteiger partial charge is 0.475 e. The molecule has 4 aromatic carbocycles. The van der Waals surface area contributed by atoms with E-state index in [1.54, 1.807) is 4.90 Å². The number of alkyl halides is 6. The van der Waals surface area contributed by atoms with E-state index in [0.29, 0.717) is 67.5 Å². The highest BCUT2D eigenvalue weighted by atomic mass is 19.4. The van der Waals surface area contributed by atoms with E-state index in [0.717, 1.165) is 132 Å². The Hall–Kier alpha value is -9.03. The third kappa shape index (κ3) is 17.8. The molecule has 0 bridgehead atoms. The molecule has 10 rings (SSSR count). The number of H-pyrrole nitrogens is 2. The van der Waals surface area contributed by atoms with E-state index < -0.39 is 29.9 Å². The van der Waals surface area contributed by atoms with E-state index in [1.165, 1.54) is 16.8 Å². The molecule has 0 aliphatic carbocycles. The molecule has 2 saturated heterocycles. The first-order valence-corrected chi connectivity index (χ1v) is 29.2. The molecule has 5 N–H and O–H groups in total. The lowest BCUT2D eigenvalue weighted by Gasteiger charge is -2.32. The number of amides is 3. The van der Waals surface area contributed by atoms with Gasteiger partial charge in [-0.2, -0.15) is 36.9 Å². The van der Waals surface area contributed by atoms with Crippen LogP contribution in [-0.2, 0) is 40.0 Å². The standard InChI is InChI=1S/C33H39N5O3.C28H31N5O.2C2HF3O2/c1-21-18-22(2)27(31(39)37-14-10-25(11-15-37)24-8-6-23(20-34)7-9-24)19-26(21)30-35-28-12-16-38(17-13-29(28)36-30)32(40)41-33(3,4)5;1-18-15-19(2)24(16-23(18)27-31-25-7-11-30-12-8-26(25)32-27)28(34)33-13-9-22(10-14-33)21-5-3-20(17-29)4-6-21;2*3-2(4,5)1(6)7/h6-9,18-19,25H,10-17H2,1-5H3,(H,35,36);3-6,15-16,22,30H,7-14H2,1-2H3,(H,31,32);2*(H,6,7). The van der Waals surface area contributed by atoms with Gasteiger partial charge >= 0.3 is 30.4 Å². The lowest BCUT2D eigenvalue weighted by Crippen LogP contribution is -2.38. The Labute approximate surface area is 511 Å². The van der Waals surface area contributed by atoms with Gasteiger partial charge in [0.1, 0.15) is 17.2 Å². The number of rotatable bonds is 6. The van der Waals surface area contributed by atoms with Crippen molar-refractivity contribution in [3.63, 3.8) is 0 Å². The van der Waals surface area contributed by atoms with Crippen molar-refractivity contribution in [2.75, 3.05) is 52.4 Å². The molecule has 3 amide bonds. The van der Waals surface area contributed by atoms with E-state index in [4.69, 9.17) is 45.0 Å². The van der Waals surface area contributed by atoms with Crippen LogP contribution in [0.25, 0.3) is 22.8 Å². The van der Waals surface area contributed by atoms with Crippen molar-refractivity contribution < 1.29 is 65.3 Å². The number of aliphatic carboxylic acids is 2. The zero-order valence-electron chi connectivity index (χ0n) is 50.6. The summed E-state index contributed by atoms with van der Waals surface area (Å²) < 4.78 is 69.0. The molecule has 0 spiro atoms. The molecule has 89 heavy (non-hydrogen) atoms. The van der Waals surface area contributed by atoms with Crippen LogP contribution in [-0.4, -0.2) is 145 Å². The molecule has 0 saturated carbocycles. The van der Waals surface area contributed by atoms with Gasteiger partial charge in [0.05, 0.1) is 34.7 Å². The highest BCUT2D eigenvalue weighted by molar-refractivity contribution is 5.98. The van der Waals surface area contributed by atoms with Gasteiger partial charge in [-0.25, -0.2) is 24.4 Å². The number of hydrogen-bond acceptors (Lipinski definition) is 11. The Bertz CT molecular complexity index is 3540. The average molecular weight is 1240 g/mol. The Balaban J connectivity index is 0.000000211. The van der Waals surface area contributed by atoms with Gasteiger partial charge in [-0.1, -0.05) is 36.4 Å². The number of nitrogens with one attached hydrogen (secondary N) is 3. The number of piperidine rings is 2. The van der Waals surface area contributed by atoms with Crippen LogP contribution in [0.2, 0.25) is 0 Å². The van der Waals surface area contributed by atoms with Gasteiger partial charge in [-0.05, 0) is 156 Å². The molecule has 18 nitrogen and oxygen atoms in total. The number of aromatic amines is 2. The SMILES string of the molecule is Cc1cc(C)c(-c2nc3c([nH]2)CCN(C(=O)OC(C)(C)C)CC3)cc1C(=O)N1CCC(c2ccc(C#N)cc2)CC1.Cc1cc(C)c(-c2nc3c([nH]2)CCNCC3)cc1C(=O)N1CCC(c2ccc(C#N)cc2)CC1.O=C(O)C(F)(F)F.O=C(O)C(F)(F)F. The van der Waals surface area contributed by atoms with Crippen LogP contribution >= 0.6 is 0 Å². The number of carbonyl (C=O) groups is 5. The minimum absolute atomic E-state index is 0.0585. The number of imidazole rings is 2. The van der Waals surface area contributed by atoms with Crippen molar-refractivity contribution >= 4 is 29.8 Å². The van der Waals surface area contributed by atoms with Gasteiger partial charge in [-0.3, -0.25) is 9.59 Å². The Morgan fingerprint density at radius 2 is 0.910 bits per heavy atom. The summed E-state index contributed by atoms with van der Waals surface area (Å²) in [5.74, 6) is -2.88. The predicted molar refractivity (Wildman–Crippen MR) is 318 cm³/mol. The minimum atomic E-state index is -5.08. The number of fused-ring (bicyclic) bond motifs is 2. The molecular formula is C65H72F6N10O8. The second-order valence-corrected chi connectivity index (χ2v) is 23.4. The summed E-state index contributed by atoms with van der Waals surface area (Å²) in [6, 6.07) is 28.3. The first-order valence-electron chi connectivity index (χ1n) is 29.2. The summed E-state index contributed by atoms with van der Waals surface area (Å²) in [6.45, 7) is 19.7. The van der Waals surface area contributed by atoms with Gasteiger partial charge in [0.15, 0.2) is 0 Å². The van der Waals surface area contributed by atoms with Crippen LogP contribution in [0.5, 0.6) is 0 Å². The van der Waals surface area contributed by atoms with Crippen molar-refractivity contribution in [3.05, 3.63) is 151 Å². The number of nitriles is 2. The zero-order chi connectivity index (χ0) is 65.1. The molecule has 2 aromatic heterocycles. The molecule has 24 heteroatoms. The van der Waals surface area contributed by atoms with Crippen molar-refractivity contribution in [1.29, 1.82) is 10.5 Å². The fourth-order valence-electron chi connectivity index (χ4n) is 11.1. The first kappa shape index (κ1) is 67.5. The first-order chi connectivity index (χ1) is 41.9. The van der Waals surface area contributed by atoms with E-state index >= 15 is 0 Å². The van der Waals surface area contributed by atoms with Crippen LogP contribution in [0.15, 0.2) is 72.8 Å². The molecule has 4 aliphatic heterocycles. The van der Waals surface area contributed by atoms with Gasteiger partial charge in [0.25, 0.3) is 11.8 Å². The Kier molecular flexibility index (Phi) is 21.9. The molecule has 0 unspecified atom stereocenters. The maximum Gasteiger partial charge on any atom is 0.490 e. The largest absolute Gasteiger partial charge is 0.490 e. The highest BCUT2D eigenvalue weighted by Gasteiger charge is 2.39. The number of aromatic nitrogens is 4. The maximum atomic E-state index is 13.7. The Morgan fingerprint density at radius 3 is 1.29 bits per heavy atom. The third-order valence-electron chi connectivity index (χ3n) is 15.9. The van der Waals surface area contributed by atoms with Crippen LogP contribution < -0.4 is 5.32 Å². The number of ether oxygens (including phenoxy) is 1. The molecule has 6 heterocycles. The van der Waals surface area contributed by atoms with Crippen LogP contribution in [0.4, 0.5) is 31.1 Å². The normalized spacial score (nSPS) is 15.5. The number of carboxylic acids is 2. The van der Waals surface area contributed by atoms with Crippen molar-refractivity contribution in [3.8, 4) is 34.9 Å². The van der Waals surface area contributed by atoms with Gasteiger partial charge in [0.2, 0.25) is 0 Å². The van der Waals surface area contributed by atoms with Crippen molar-refractivity contribution in [2.45, 2.75) is 130 Å². The topological polar surface area (TPSA) is 262 Å². The molecule has 0 atom stereocenters. The lowest BCUT2D eigenvalue weighted by atomic mass is 9.88. The highest BCUT2D eigenvalue weighted by Crippen LogP contribution is 2.34. The minimum Gasteiger partial charge on any atom is -0.475 e. The molecule has 472 valence electrons. The monoisotopic (exact) mass is 1230 g/mol. The number of likely N-dealkylation sites (tertiary alicyclic amines) is 2. The number of benzene rings is 4. The second kappa shape index (κ2) is 28.9. The maximum absolute atomic E-state index is 13.7. The number of carboxylic acid groups (broad SMARTS) is 2. The van der Waals surface area contributed by atoms with Crippen molar-refractivity contribution in [1.82, 2.24) is 40.0 Å². The summed E-state index contributed by atoms with van der Waals surface area (Å²) in [6.07, 6.45) is -3.57. The predicted octanol–water partition coefficient (Wildman–Crippen LogP) is 11.5. The molecule has 2 fully saturated rings. The number of carbonyl (C=O) groups excluding carboxylic acids is 3. The average Bonchev–Trinajstić information content (AvgIpc) is 2.38. The van der Waals surface area contributed by atoms with Crippen LogP contribution in [0.3, 0.4) is 0 Å². The number of aryl methyl sites for hydroxylation is 4. The van der Waals surface area contributed by atoms with Crippen molar-refractivity contribution in [2.24, 2.45) is 0 Å². The fraction of sp³-hybridized carbons (Fsp3) is 0.431. The molecule has 4 aliphatic rings. The summed E-state index contributed by atoms with van der Waals surface area (Å²) in [5.41, 5.74) is 15.3. The van der Waals surface area contributed by atoms with Crippen LogP contribution in [0.1, 0.15) is 146 Å². The second-order valence-electron chi connectivity index (χ2n) is 23.4. The summed E-state index contributed by atoms with van der Waals surface area (Å²) in [5, 5.41) is 35.8. The number of halogens is 6. The summed E-state index contributed by atoms with van der Waals surface area (Å²) in [4.78, 5) is 80.2. The molecular weight excluding hydrogens is 1160 g/mol. The molecule has 6 aromatic rings. The van der Waals surface area contributed by atoms with E-state index in [1.807, 2.05) is 92.9 Å². The van der Waals surface area contributed by atoms with Gasteiger partial charge < -0.3 is 44.9 Å². The number of nitrogens with zero attached hydrogens (tertiary/aromatic N) is 7. The van der Waals surface area contributed by atoms with Gasteiger partial charge in [-0.15, -0.1) is 0 Å². The lowest BCUT2D eigenvalue weighted by molar-refractivity contribution is -0.193. The van der Waals surface area contributed by atoms with E-state index in [9.17, 15) is 40.7 Å². The fourth-order valence-corrected chi connectivity index (χ4v) is 11.1. The number of hydrogen-bond donors (Lipinski definition) is 5. The molecule has 0 radical (unpaired) electrons. The summed E-state index contributed by atoms with van der Waals surface area (Å²) >= 11 is 0. The zero-order valence-corrected chi connectivity index (χ0v) is 50.6. The Morgan fingerprint density at radius 1 is 0.539 bits per heavy atom. The van der Waals surface area contributed by atoms with Gasteiger partial charge in [0, 0.05) is 112 Å². The third-order valence-corrected chi connectivity index (χ3v) is 15.9. The van der Waals surface area contributed by atoms with E-state index in [-0.39, 0.29) is 17.9 Å². The summed E-state index contributed by atoms with van der Waals surface area (Å²) in [7, 11) is 0. The van der Waals surface area contributed by atoms with Crippen LogP contribution in [0, 0.1) is 50.4 Å². The van der Waals surface area contributed by atoms with E-state index in [2.05, 4.69) is 65.5 Å².